The normalized spacial score (nSPS) is 36.2. The van der Waals surface area contributed by atoms with Crippen molar-refractivity contribution in [2.45, 2.75) is 59.0 Å². The smallest absolute Gasteiger partial charge is 0.310 e. The molecule has 168 valence electrons. The molecule has 1 aromatic carbocycles. The van der Waals surface area contributed by atoms with Crippen LogP contribution in [0.25, 0.3) is 0 Å². The lowest BCUT2D eigenvalue weighted by Crippen LogP contribution is -2.50. The summed E-state index contributed by atoms with van der Waals surface area (Å²) < 4.78 is 5.98. The van der Waals surface area contributed by atoms with E-state index in [0.717, 1.165) is 52.0 Å². The van der Waals surface area contributed by atoms with Crippen LogP contribution in [0.1, 0.15) is 50.2 Å². The third kappa shape index (κ3) is 3.71. The second kappa shape index (κ2) is 7.95. The number of nitrogens with zero attached hydrogens (tertiary/aromatic N) is 2. The molecule has 4 heteroatoms. The fourth-order valence-electron chi connectivity index (χ4n) is 6.99. The summed E-state index contributed by atoms with van der Waals surface area (Å²) >= 11 is 0. The molecule has 0 amide bonds. The second-order valence-electron chi connectivity index (χ2n) is 10.9. The molecule has 5 atom stereocenters. The van der Waals surface area contributed by atoms with Crippen molar-refractivity contribution in [1.29, 1.82) is 0 Å². The highest BCUT2D eigenvalue weighted by Gasteiger charge is 2.55. The van der Waals surface area contributed by atoms with Gasteiger partial charge in [-0.15, -0.1) is 0 Å². The third-order valence-corrected chi connectivity index (χ3v) is 9.06. The van der Waals surface area contributed by atoms with Crippen LogP contribution in [0.3, 0.4) is 0 Å². The zero-order valence-electron chi connectivity index (χ0n) is 19.5. The highest BCUT2D eigenvalue weighted by Crippen LogP contribution is 2.56. The van der Waals surface area contributed by atoms with Gasteiger partial charge >= 0.3 is 5.97 Å². The molecule has 4 aliphatic rings. The quantitative estimate of drug-likeness (QED) is 0.520. The zero-order chi connectivity index (χ0) is 21.8. The molecule has 2 heterocycles. The second-order valence-corrected chi connectivity index (χ2v) is 10.9. The molecule has 2 unspecified atom stereocenters. The topological polar surface area (TPSA) is 32.8 Å². The molecule has 1 aromatic rings. The SMILES string of the molecule is C=C1CCC[C@]2(C)C[C@H]3OC(=O)C(CN4CCN(c5cccc(C)c5C)CC4)[C@H]3CC12. The van der Waals surface area contributed by atoms with Crippen molar-refractivity contribution in [3.63, 3.8) is 0 Å². The van der Waals surface area contributed by atoms with Gasteiger partial charge in [0.25, 0.3) is 0 Å². The predicted octanol–water partition coefficient (Wildman–Crippen LogP) is 4.74. The minimum atomic E-state index is 0.0385. The van der Waals surface area contributed by atoms with Gasteiger partial charge in [0, 0.05) is 44.3 Å². The van der Waals surface area contributed by atoms with Crippen molar-refractivity contribution >= 4 is 11.7 Å². The van der Waals surface area contributed by atoms with Crippen LogP contribution in [0.5, 0.6) is 0 Å². The Kier molecular flexibility index (Phi) is 5.40. The van der Waals surface area contributed by atoms with Crippen molar-refractivity contribution in [3.8, 4) is 0 Å². The first kappa shape index (κ1) is 21.1. The largest absolute Gasteiger partial charge is 0.462 e. The number of ether oxygens (including phenoxy) is 1. The third-order valence-electron chi connectivity index (χ3n) is 9.06. The summed E-state index contributed by atoms with van der Waals surface area (Å²) in [6.07, 6.45) is 5.91. The van der Waals surface area contributed by atoms with Gasteiger partial charge in [-0.1, -0.05) is 31.2 Å². The fourth-order valence-corrected chi connectivity index (χ4v) is 6.99. The molecule has 2 saturated heterocycles. The summed E-state index contributed by atoms with van der Waals surface area (Å²) in [6.45, 7) is 16.2. The lowest BCUT2D eigenvalue weighted by atomic mass is 9.55. The van der Waals surface area contributed by atoms with E-state index in [1.165, 1.54) is 35.2 Å². The summed E-state index contributed by atoms with van der Waals surface area (Å²) in [5, 5.41) is 0. The Morgan fingerprint density at radius 2 is 1.97 bits per heavy atom. The molecule has 0 N–H and O–H groups in total. The fraction of sp³-hybridized carbons (Fsp3) is 0.667. The van der Waals surface area contributed by atoms with E-state index < -0.39 is 0 Å². The maximum atomic E-state index is 12.9. The number of hydrogen-bond acceptors (Lipinski definition) is 4. The molecular weight excluding hydrogens is 384 g/mol. The van der Waals surface area contributed by atoms with Crippen LogP contribution in [0, 0.1) is 37.0 Å². The maximum absolute atomic E-state index is 12.9. The van der Waals surface area contributed by atoms with Gasteiger partial charge in [0.05, 0.1) is 5.92 Å². The van der Waals surface area contributed by atoms with Crippen LogP contribution in [-0.4, -0.2) is 49.7 Å². The lowest BCUT2D eigenvalue weighted by Gasteiger charge is -2.50. The summed E-state index contributed by atoms with van der Waals surface area (Å²) in [5.74, 6) is 1.04. The Hall–Kier alpha value is -1.81. The highest BCUT2D eigenvalue weighted by molar-refractivity contribution is 5.75. The average Bonchev–Trinajstić information content (AvgIpc) is 3.03. The van der Waals surface area contributed by atoms with E-state index in [9.17, 15) is 4.79 Å². The van der Waals surface area contributed by atoms with E-state index >= 15 is 0 Å². The Morgan fingerprint density at radius 3 is 2.74 bits per heavy atom. The summed E-state index contributed by atoms with van der Waals surface area (Å²) in [4.78, 5) is 17.9. The standard InChI is InChI=1S/C27H38N2O2/c1-18-7-5-9-24(20(18)3)29-13-11-28(12-14-29)17-22-21-15-23-19(2)8-6-10-27(23,4)16-25(21)31-26(22)30/h5,7,9,21-23,25H,2,6,8,10-17H2,1,3-4H3/t21-,22?,23?,25-,27-/m1/s1. The van der Waals surface area contributed by atoms with Gasteiger partial charge in [0.2, 0.25) is 0 Å². The van der Waals surface area contributed by atoms with E-state index in [4.69, 9.17) is 4.74 Å². The number of allylic oxidation sites excluding steroid dienone is 1. The monoisotopic (exact) mass is 422 g/mol. The van der Waals surface area contributed by atoms with Crippen LogP contribution in [0.4, 0.5) is 5.69 Å². The number of anilines is 1. The van der Waals surface area contributed by atoms with Crippen LogP contribution >= 0.6 is 0 Å². The molecule has 0 spiro atoms. The first-order valence-corrected chi connectivity index (χ1v) is 12.3. The van der Waals surface area contributed by atoms with E-state index in [1.807, 2.05) is 0 Å². The van der Waals surface area contributed by atoms with Crippen LogP contribution in [0.2, 0.25) is 0 Å². The maximum Gasteiger partial charge on any atom is 0.310 e. The summed E-state index contributed by atoms with van der Waals surface area (Å²) in [5.41, 5.74) is 5.81. The van der Waals surface area contributed by atoms with Gasteiger partial charge in [0.15, 0.2) is 0 Å². The van der Waals surface area contributed by atoms with Gasteiger partial charge < -0.3 is 9.64 Å². The number of aryl methyl sites for hydroxylation is 1. The Balaban J connectivity index is 1.23. The number of esters is 1. The molecule has 2 aliphatic heterocycles. The number of hydrogen-bond donors (Lipinski definition) is 0. The highest BCUT2D eigenvalue weighted by atomic mass is 16.6. The van der Waals surface area contributed by atoms with Gasteiger partial charge in [-0.3, -0.25) is 9.69 Å². The van der Waals surface area contributed by atoms with Gasteiger partial charge in [0.1, 0.15) is 6.10 Å². The molecule has 0 bridgehead atoms. The van der Waals surface area contributed by atoms with Gasteiger partial charge in [-0.2, -0.15) is 0 Å². The van der Waals surface area contributed by atoms with Crippen LogP contribution in [0.15, 0.2) is 30.4 Å². The molecule has 2 saturated carbocycles. The van der Waals surface area contributed by atoms with Crippen molar-refractivity contribution in [3.05, 3.63) is 41.5 Å². The minimum absolute atomic E-state index is 0.0385. The average molecular weight is 423 g/mol. The minimum Gasteiger partial charge on any atom is -0.462 e. The first-order valence-electron chi connectivity index (χ1n) is 12.3. The number of benzene rings is 1. The number of carbonyl (C=O) groups excluding carboxylic acids is 1. The first-order chi connectivity index (χ1) is 14.9. The summed E-state index contributed by atoms with van der Waals surface area (Å²) in [7, 11) is 0. The van der Waals surface area contributed by atoms with Crippen LogP contribution in [-0.2, 0) is 9.53 Å². The van der Waals surface area contributed by atoms with E-state index in [-0.39, 0.29) is 23.4 Å². The molecule has 2 aliphatic carbocycles. The number of rotatable bonds is 3. The van der Waals surface area contributed by atoms with E-state index in [0.29, 0.717) is 11.8 Å². The molecule has 5 rings (SSSR count). The molecule has 0 radical (unpaired) electrons. The van der Waals surface area contributed by atoms with Crippen molar-refractivity contribution in [2.75, 3.05) is 37.6 Å². The Morgan fingerprint density at radius 1 is 1.19 bits per heavy atom. The Bertz CT molecular complexity index is 872. The van der Waals surface area contributed by atoms with Crippen molar-refractivity contribution < 1.29 is 9.53 Å². The molecule has 4 nitrogen and oxygen atoms in total. The van der Waals surface area contributed by atoms with Crippen molar-refractivity contribution in [1.82, 2.24) is 4.90 Å². The van der Waals surface area contributed by atoms with Gasteiger partial charge in [-0.05, 0) is 74.5 Å². The van der Waals surface area contributed by atoms with Crippen molar-refractivity contribution in [2.24, 2.45) is 23.2 Å². The number of piperazine rings is 1. The molecule has 4 fully saturated rings. The number of carbonyl (C=O) groups is 1. The summed E-state index contributed by atoms with van der Waals surface area (Å²) in [6, 6.07) is 6.59. The molecule has 31 heavy (non-hydrogen) atoms. The Labute approximate surface area is 187 Å². The predicted molar refractivity (Wildman–Crippen MR) is 125 cm³/mol. The van der Waals surface area contributed by atoms with E-state index in [1.54, 1.807) is 0 Å². The lowest BCUT2D eigenvalue weighted by molar-refractivity contribution is -0.146. The molecule has 0 aromatic heterocycles. The zero-order valence-corrected chi connectivity index (χ0v) is 19.5. The van der Waals surface area contributed by atoms with E-state index in [2.05, 4.69) is 55.3 Å². The molecular formula is C27H38N2O2. The van der Waals surface area contributed by atoms with Crippen LogP contribution < -0.4 is 4.90 Å². The number of fused-ring (bicyclic) bond motifs is 2. The van der Waals surface area contributed by atoms with Gasteiger partial charge in [-0.25, -0.2) is 0 Å².